The Hall–Kier alpha value is -3.93. The molecule has 30 heavy (non-hydrogen) atoms. The van der Waals surface area contributed by atoms with Gasteiger partial charge in [-0.05, 0) is 40.5 Å². The summed E-state index contributed by atoms with van der Waals surface area (Å²) < 4.78 is 0. The molecule has 4 N–H and O–H groups in total. The summed E-state index contributed by atoms with van der Waals surface area (Å²) in [4.78, 5) is 36.7. The first-order valence-electron chi connectivity index (χ1n) is 9.62. The van der Waals surface area contributed by atoms with Gasteiger partial charge in [0.25, 0.3) is 5.91 Å². The SMILES string of the molecule is CC(=O)Nc1cccc(C(=O)N[C@H](C(N)=O)C2c3ccccc3-c3ccccc32)c1. The van der Waals surface area contributed by atoms with Crippen molar-refractivity contribution in [2.45, 2.75) is 18.9 Å². The van der Waals surface area contributed by atoms with Crippen molar-refractivity contribution >= 4 is 23.4 Å². The van der Waals surface area contributed by atoms with Gasteiger partial charge < -0.3 is 16.4 Å². The Morgan fingerprint density at radius 2 is 1.47 bits per heavy atom. The molecule has 6 heteroatoms. The maximum Gasteiger partial charge on any atom is 0.252 e. The molecule has 3 aromatic rings. The number of hydrogen-bond donors (Lipinski definition) is 3. The van der Waals surface area contributed by atoms with Gasteiger partial charge in [0.15, 0.2) is 0 Å². The van der Waals surface area contributed by atoms with Crippen molar-refractivity contribution in [1.29, 1.82) is 0 Å². The van der Waals surface area contributed by atoms with Crippen LogP contribution in [0, 0.1) is 0 Å². The predicted octanol–water partition coefficient (Wildman–Crippen LogP) is 3.04. The van der Waals surface area contributed by atoms with E-state index in [9.17, 15) is 14.4 Å². The lowest BCUT2D eigenvalue weighted by molar-refractivity contribution is -0.120. The lowest BCUT2D eigenvalue weighted by Gasteiger charge is -2.24. The van der Waals surface area contributed by atoms with Gasteiger partial charge in [-0.15, -0.1) is 0 Å². The van der Waals surface area contributed by atoms with Crippen molar-refractivity contribution in [3.63, 3.8) is 0 Å². The monoisotopic (exact) mass is 399 g/mol. The molecule has 4 rings (SSSR count). The molecule has 3 aromatic carbocycles. The zero-order valence-corrected chi connectivity index (χ0v) is 16.4. The van der Waals surface area contributed by atoms with E-state index >= 15 is 0 Å². The molecule has 0 saturated carbocycles. The molecule has 0 saturated heterocycles. The highest BCUT2D eigenvalue weighted by Gasteiger charge is 2.38. The first kappa shape index (κ1) is 19.4. The quantitative estimate of drug-likeness (QED) is 0.615. The highest BCUT2D eigenvalue weighted by Crippen LogP contribution is 2.46. The number of nitrogens with two attached hydrogens (primary N) is 1. The molecule has 0 aromatic heterocycles. The minimum absolute atomic E-state index is 0.234. The zero-order valence-electron chi connectivity index (χ0n) is 16.4. The van der Waals surface area contributed by atoms with Crippen LogP contribution in [0.15, 0.2) is 72.8 Å². The molecule has 0 fully saturated rings. The molecular formula is C24H21N3O3. The van der Waals surface area contributed by atoms with Gasteiger partial charge in [0.05, 0.1) is 0 Å². The van der Waals surface area contributed by atoms with Crippen molar-refractivity contribution in [2.75, 3.05) is 5.32 Å². The summed E-state index contributed by atoms with van der Waals surface area (Å²) in [5.74, 6) is -1.66. The van der Waals surface area contributed by atoms with Crippen LogP contribution in [0.2, 0.25) is 0 Å². The van der Waals surface area contributed by atoms with E-state index in [0.717, 1.165) is 22.3 Å². The zero-order chi connectivity index (χ0) is 21.3. The third-order valence-corrected chi connectivity index (χ3v) is 5.25. The van der Waals surface area contributed by atoms with Crippen LogP contribution in [0.1, 0.15) is 34.3 Å². The number of primary amides is 1. The van der Waals surface area contributed by atoms with Gasteiger partial charge >= 0.3 is 0 Å². The number of carbonyl (C=O) groups excluding carboxylic acids is 3. The number of amides is 3. The van der Waals surface area contributed by atoms with Gasteiger partial charge in [-0.3, -0.25) is 14.4 Å². The average Bonchev–Trinajstić information content (AvgIpc) is 3.06. The van der Waals surface area contributed by atoms with Crippen LogP contribution in [0.25, 0.3) is 11.1 Å². The fourth-order valence-electron chi connectivity index (χ4n) is 4.04. The maximum atomic E-state index is 12.9. The number of hydrogen-bond acceptors (Lipinski definition) is 3. The number of anilines is 1. The summed E-state index contributed by atoms with van der Waals surface area (Å²) in [6.45, 7) is 1.39. The van der Waals surface area contributed by atoms with E-state index in [1.165, 1.54) is 6.92 Å². The lowest BCUT2D eigenvalue weighted by Crippen LogP contribution is -2.48. The molecule has 0 bridgehead atoms. The molecule has 1 atom stereocenters. The van der Waals surface area contributed by atoms with E-state index in [2.05, 4.69) is 10.6 Å². The molecule has 0 heterocycles. The topological polar surface area (TPSA) is 101 Å². The third kappa shape index (κ3) is 3.55. The van der Waals surface area contributed by atoms with Gasteiger partial charge in [0.2, 0.25) is 11.8 Å². The third-order valence-electron chi connectivity index (χ3n) is 5.25. The van der Waals surface area contributed by atoms with Gasteiger partial charge in [0.1, 0.15) is 6.04 Å². The Morgan fingerprint density at radius 3 is 2.03 bits per heavy atom. The number of nitrogens with one attached hydrogen (secondary N) is 2. The van der Waals surface area contributed by atoms with E-state index in [1.807, 2.05) is 48.5 Å². The molecule has 1 aliphatic rings. The first-order chi connectivity index (χ1) is 14.5. The van der Waals surface area contributed by atoms with Crippen LogP contribution in [0.4, 0.5) is 5.69 Å². The second-order valence-corrected chi connectivity index (χ2v) is 7.27. The lowest BCUT2D eigenvalue weighted by atomic mass is 9.88. The van der Waals surface area contributed by atoms with Gasteiger partial charge in [0, 0.05) is 24.1 Å². The summed E-state index contributed by atoms with van der Waals surface area (Å²) in [5.41, 5.74) is 10.5. The second-order valence-electron chi connectivity index (χ2n) is 7.27. The van der Waals surface area contributed by atoms with Crippen LogP contribution < -0.4 is 16.4 Å². The standard InChI is InChI=1S/C24H21N3O3/c1-14(28)26-16-8-6-7-15(13-16)24(30)27-22(23(25)29)21-19-11-4-2-9-17(19)18-10-3-5-12-20(18)21/h2-13,21-22H,1H3,(H2,25,29)(H,26,28)(H,27,30)/t22-/m0/s1. The number of fused-ring (bicyclic) bond motifs is 3. The normalized spacial score (nSPS) is 13.1. The summed E-state index contributed by atoms with van der Waals surface area (Å²) in [6.07, 6.45) is 0. The van der Waals surface area contributed by atoms with Crippen LogP contribution in [-0.2, 0) is 9.59 Å². The van der Waals surface area contributed by atoms with E-state index < -0.39 is 17.9 Å². The molecule has 0 aliphatic heterocycles. The summed E-state index contributed by atoms with van der Waals surface area (Å²) in [7, 11) is 0. The Kier molecular flexibility index (Phi) is 5.06. The van der Waals surface area contributed by atoms with Crippen molar-refractivity contribution in [2.24, 2.45) is 5.73 Å². The Bertz CT molecular complexity index is 1110. The number of carbonyl (C=O) groups is 3. The average molecular weight is 399 g/mol. The van der Waals surface area contributed by atoms with Gasteiger partial charge in [-0.2, -0.15) is 0 Å². The minimum atomic E-state index is -0.924. The first-order valence-corrected chi connectivity index (χ1v) is 9.62. The minimum Gasteiger partial charge on any atom is -0.368 e. The van der Waals surface area contributed by atoms with E-state index in [1.54, 1.807) is 24.3 Å². The molecule has 0 radical (unpaired) electrons. The van der Waals surface area contributed by atoms with Crippen LogP contribution in [0.3, 0.4) is 0 Å². The largest absolute Gasteiger partial charge is 0.368 e. The van der Waals surface area contributed by atoms with Crippen LogP contribution in [-0.4, -0.2) is 23.8 Å². The Labute approximate surface area is 174 Å². The molecule has 6 nitrogen and oxygen atoms in total. The van der Waals surface area contributed by atoms with Gasteiger partial charge in [-0.1, -0.05) is 54.6 Å². The van der Waals surface area contributed by atoms with Crippen molar-refractivity contribution < 1.29 is 14.4 Å². The molecule has 0 unspecified atom stereocenters. The number of rotatable bonds is 5. The molecular weight excluding hydrogens is 378 g/mol. The van der Waals surface area contributed by atoms with Crippen molar-refractivity contribution in [3.8, 4) is 11.1 Å². The van der Waals surface area contributed by atoms with Crippen molar-refractivity contribution in [1.82, 2.24) is 5.32 Å². The predicted molar refractivity (Wildman–Crippen MR) is 115 cm³/mol. The van der Waals surface area contributed by atoms with Crippen LogP contribution >= 0.6 is 0 Å². The van der Waals surface area contributed by atoms with Crippen molar-refractivity contribution in [3.05, 3.63) is 89.5 Å². The summed E-state index contributed by atoms with van der Waals surface area (Å²) in [5, 5.41) is 5.46. The highest BCUT2D eigenvalue weighted by atomic mass is 16.2. The fourth-order valence-corrected chi connectivity index (χ4v) is 4.04. The maximum absolute atomic E-state index is 12.9. The molecule has 0 spiro atoms. The van der Waals surface area contributed by atoms with E-state index in [4.69, 9.17) is 5.73 Å². The second kappa shape index (κ2) is 7.83. The van der Waals surface area contributed by atoms with E-state index in [-0.39, 0.29) is 11.8 Å². The Morgan fingerprint density at radius 1 is 0.867 bits per heavy atom. The highest BCUT2D eigenvalue weighted by molar-refractivity contribution is 6.00. The number of benzene rings is 3. The smallest absolute Gasteiger partial charge is 0.252 e. The Balaban J connectivity index is 1.68. The fraction of sp³-hybridized carbons (Fsp3) is 0.125. The molecule has 150 valence electrons. The van der Waals surface area contributed by atoms with Gasteiger partial charge in [-0.25, -0.2) is 0 Å². The molecule has 3 amide bonds. The van der Waals surface area contributed by atoms with Crippen LogP contribution in [0.5, 0.6) is 0 Å². The summed E-state index contributed by atoms with van der Waals surface area (Å²) >= 11 is 0. The molecule has 1 aliphatic carbocycles. The van der Waals surface area contributed by atoms with E-state index in [0.29, 0.717) is 11.3 Å². The summed E-state index contributed by atoms with van der Waals surface area (Å²) in [6, 6.07) is 21.3.